The third-order valence-electron chi connectivity index (χ3n) is 4.31. The van der Waals surface area contributed by atoms with Crippen molar-refractivity contribution in [2.45, 2.75) is 17.0 Å². The maximum atomic E-state index is 12.3. The predicted octanol–water partition coefficient (Wildman–Crippen LogP) is 0.774. The van der Waals surface area contributed by atoms with Gasteiger partial charge in [-0.1, -0.05) is 36.0 Å². The average molecular weight is 476 g/mol. The topological polar surface area (TPSA) is 139 Å². The molecule has 11 nitrogen and oxygen atoms in total. The fourth-order valence-electron chi connectivity index (χ4n) is 2.59. The van der Waals surface area contributed by atoms with Crippen molar-refractivity contribution in [3.63, 3.8) is 0 Å². The molecule has 0 aliphatic heterocycles. The van der Waals surface area contributed by atoms with Crippen molar-refractivity contribution in [1.29, 1.82) is 0 Å². The molecule has 0 spiro atoms. The molecule has 1 heterocycles. The molecule has 32 heavy (non-hydrogen) atoms. The van der Waals surface area contributed by atoms with Gasteiger partial charge in [0.15, 0.2) is 0 Å². The molecule has 2 amide bonds. The van der Waals surface area contributed by atoms with Crippen molar-refractivity contribution in [3.8, 4) is 5.69 Å². The maximum Gasteiger partial charge on any atom is 0.269 e. The number of benzene rings is 2. The lowest BCUT2D eigenvalue weighted by molar-refractivity contribution is -0.119. The quantitative estimate of drug-likeness (QED) is 0.377. The Balaban J connectivity index is 1.58. The van der Waals surface area contributed by atoms with Crippen molar-refractivity contribution in [1.82, 2.24) is 35.4 Å². The summed E-state index contributed by atoms with van der Waals surface area (Å²) in [4.78, 5) is 24.5. The minimum absolute atomic E-state index is 0.0277. The monoisotopic (exact) mass is 475 g/mol. The largest absolute Gasteiger partial charge is 0.272 e. The molecular weight excluding hydrogens is 454 g/mol. The van der Waals surface area contributed by atoms with E-state index in [0.717, 1.165) is 27.3 Å². The zero-order chi connectivity index (χ0) is 23.3. The Bertz CT molecular complexity index is 1240. The van der Waals surface area contributed by atoms with Gasteiger partial charge >= 0.3 is 0 Å². The van der Waals surface area contributed by atoms with Gasteiger partial charge < -0.3 is 0 Å². The number of carbonyl (C=O) groups excluding carboxylic acids is 2. The van der Waals surface area contributed by atoms with Gasteiger partial charge in [0, 0.05) is 19.7 Å². The Morgan fingerprint density at radius 3 is 2.56 bits per heavy atom. The van der Waals surface area contributed by atoms with Gasteiger partial charge in [-0.2, -0.15) is 4.68 Å². The molecule has 0 saturated carbocycles. The first kappa shape index (κ1) is 23.4. The first-order valence-electron chi connectivity index (χ1n) is 9.29. The van der Waals surface area contributed by atoms with Gasteiger partial charge in [-0.3, -0.25) is 20.4 Å². The van der Waals surface area contributed by atoms with E-state index >= 15 is 0 Å². The van der Waals surface area contributed by atoms with Crippen LogP contribution in [0.3, 0.4) is 0 Å². The van der Waals surface area contributed by atoms with E-state index < -0.39 is 21.8 Å². The van der Waals surface area contributed by atoms with Gasteiger partial charge in [0.25, 0.3) is 5.91 Å². The summed E-state index contributed by atoms with van der Waals surface area (Å²) in [5, 5.41) is 12.0. The van der Waals surface area contributed by atoms with E-state index in [4.69, 9.17) is 0 Å². The molecule has 0 atom stereocenters. The van der Waals surface area contributed by atoms with Crippen LogP contribution in [0.5, 0.6) is 0 Å². The fraction of sp³-hybridized carbons (Fsp3) is 0.211. The highest BCUT2D eigenvalue weighted by Crippen LogP contribution is 2.20. The summed E-state index contributed by atoms with van der Waals surface area (Å²) in [6.45, 7) is 1.92. The van der Waals surface area contributed by atoms with Crippen LogP contribution in [0.25, 0.3) is 5.69 Å². The molecule has 0 unspecified atom stereocenters. The lowest BCUT2D eigenvalue weighted by Gasteiger charge is -2.12. The molecule has 0 aliphatic rings. The number of tetrazole rings is 1. The molecule has 3 aromatic rings. The average Bonchev–Trinajstić information content (AvgIpc) is 3.24. The second kappa shape index (κ2) is 9.89. The summed E-state index contributed by atoms with van der Waals surface area (Å²) in [6.07, 6.45) is 0. The number of aromatic nitrogens is 4. The molecule has 2 N–H and O–H groups in total. The summed E-state index contributed by atoms with van der Waals surface area (Å²) < 4.78 is 27.0. The highest BCUT2D eigenvalue weighted by Gasteiger charge is 2.19. The van der Waals surface area contributed by atoms with E-state index in [9.17, 15) is 18.0 Å². The standard InChI is InChI=1S/C19H21N7O4S2/c1-13-7-4-5-10-16(13)26-19(22-23-24-26)31-12-17(27)20-21-18(28)14-8-6-9-15(11-14)32(29,30)25(2)3/h4-11H,12H2,1-3H3,(H,20,27)(H,21,28). The normalized spacial score (nSPS) is 11.4. The van der Waals surface area contributed by atoms with Crippen LogP contribution in [0.2, 0.25) is 0 Å². The van der Waals surface area contributed by atoms with E-state index in [1.54, 1.807) is 0 Å². The van der Waals surface area contributed by atoms with Crippen LogP contribution < -0.4 is 10.9 Å². The number of rotatable bonds is 7. The van der Waals surface area contributed by atoms with Gasteiger partial charge in [-0.05, 0) is 47.2 Å². The van der Waals surface area contributed by atoms with Gasteiger partial charge in [0.2, 0.25) is 21.1 Å². The van der Waals surface area contributed by atoms with E-state index in [-0.39, 0.29) is 16.2 Å². The number of para-hydroxylation sites is 1. The number of nitrogens with zero attached hydrogens (tertiary/aromatic N) is 5. The van der Waals surface area contributed by atoms with Crippen LogP contribution in [-0.4, -0.2) is 64.6 Å². The number of amides is 2. The Morgan fingerprint density at radius 1 is 1.09 bits per heavy atom. The third-order valence-corrected chi connectivity index (χ3v) is 7.04. The highest BCUT2D eigenvalue weighted by molar-refractivity contribution is 7.99. The second-order valence-corrected chi connectivity index (χ2v) is 9.86. The number of sulfonamides is 1. The number of nitrogens with one attached hydrogen (secondary N) is 2. The number of carbonyl (C=O) groups is 2. The fourth-order valence-corrected chi connectivity index (χ4v) is 4.23. The zero-order valence-electron chi connectivity index (χ0n) is 17.5. The highest BCUT2D eigenvalue weighted by atomic mass is 32.2. The third kappa shape index (κ3) is 5.30. The van der Waals surface area contributed by atoms with Crippen LogP contribution in [0, 0.1) is 6.92 Å². The molecule has 3 rings (SSSR count). The minimum atomic E-state index is -3.69. The summed E-state index contributed by atoms with van der Waals surface area (Å²) in [5.41, 5.74) is 6.42. The molecule has 168 valence electrons. The second-order valence-electron chi connectivity index (χ2n) is 6.77. The molecule has 0 aliphatic carbocycles. The lowest BCUT2D eigenvalue weighted by Crippen LogP contribution is -2.42. The maximum absolute atomic E-state index is 12.3. The molecule has 0 bridgehead atoms. The van der Waals surface area contributed by atoms with Crippen LogP contribution in [0.4, 0.5) is 0 Å². The Morgan fingerprint density at radius 2 is 1.84 bits per heavy atom. The number of hydrazine groups is 1. The Hall–Kier alpha value is -3.29. The van der Waals surface area contributed by atoms with Crippen LogP contribution in [-0.2, 0) is 14.8 Å². The molecule has 2 aromatic carbocycles. The van der Waals surface area contributed by atoms with E-state index in [2.05, 4.69) is 26.4 Å². The molecule has 0 radical (unpaired) electrons. The molecule has 0 fully saturated rings. The lowest BCUT2D eigenvalue weighted by atomic mass is 10.2. The number of hydrogen-bond donors (Lipinski definition) is 2. The van der Waals surface area contributed by atoms with Crippen molar-refractivity contribution in [2.24, 2.45) is 0 Å². The first-order chi connectivity index (χ1) is 15.2. The van der Waals surface area contributed by atoms with E-state index in [0.29, 0.717) is 5.16 Å². The summed E-state index contributed by atoms with van der Waals surface area (Å²) >= 11 is 1.10. The molecule has 0 saturated heterocycles. The summed E-state index contributed by atoms with van der Waals surface area (Å²) in [5.74, 6) is -1.19. The molecule has 1 aromatic heterocycles. The smallest absolute Gasteiger partial charge is 0.269 e. The van der Waals surface area contributed by atoms with Crippen molar-refractivity contribution in [2.75, 3.05) is 19.8 Å². The van der Waals surface area contributed by atoms with Gasteiger partial charge in [-0.15, -0.1) is 5.10 Å². The SMILES string of the molecule is Cc1ccccc1-n1nnnc1SCC(=O)NNC(=O)c1cccc(S(=O)(=O)N(C)C)c1. The number of thioether (sulfide) groups is 1. The van der Waals surface area contributed by atoms with Gasteiger partial charge in [-0.25, -0.2) is 12.7 Å². The summed E-state index contributed by atoms with van der Waals surface area (Å²) in [6, 6.07) is 13.1. The Labute approximate surface area is 189 Å². The number of hydrogen-bond acceptors (Lipinski definition) is 8. The van der Waals surface area contributed by atoms with Crippen molar-refractivity contribution < 1.29 is 18.0 Å². The molecule has 13 heteroatoms. The number of aryl methyl sites for hydroxylation is 1. The van der Waals surface area contributed by atoms with E-state index in [1.165, 1.54) is 43.0 Å². The summed E-state index contributed by atoms with van der Waals surface area (Å²) in [7, 11) is -0.890. The van der Waals surface area contributed by atoms with Crippen molar-refractivity contribution >= 4 is 33.6 Å². The first-order valence-corrected chi connectivity index (χ1v) is 11.7. The van der Waals surface area contributed by atoms with Crippen molar-refractivity contribution in [3.05, 3.63) is 59.7 Å². The zero-order valence-corrected chi connectivity index (χ0v) is 19.1. The van der Waals surface area contributed by atoms with Gasteiger partial charge in [0.05, 0.1) is 16.3 Å². The van der Waals surface area contributed by atoms with Crippen LogP contribution >= 0.6 is 11.8 Å². The molecular formula is C19H21N7O4S2. The van der Waals surface area contributed by atoms with Crippen LogP contribution in [0.1, 0.15) is 15.9 Å². The minimum Gasteiger partial charge on any atom is -0.272 e. The van der Waals surface area contributed by atoms with E-state index in [1.807, 2.05) is 31.2 Å². The Kier molecular flexibility index (Phi) is 7.22. The van der Waals surface area contributed by atoms with Crippen LogP contribution in [0.15, 0.2) is 58.6 Å². The van der Waals surface area contributed by atoms with Gasteiger partial charge in [0.1, 0.15) is 0 Å². The predicted molar refractivity (Wildman–Crippen MR) is 118 cm³/mol.